The molecule has 2 rings (SSSR count). The van der Waals surface area contributed by atoms with Crippen LogP contribution in [0, 0.1) is 19.8 Å². The van der Waals surface area contributed by atoms with Crippen molar-refractivity contribution in [1.82, 2.24) is 14.6 Å². The Kier molecular flexibility index (Phi) is 3.55. The summed E-state index contributed by atoms with van der Waals surface area (Å²) < 4.78 is 1.82. The molecule has 0 aliphatic rings. The Labute approximate surface area is 112 Å². The van der Waals surface area contributed by atoms with Crippen molar-refractivity contribution in [2.75, 3.05) is 0 Å². The number of aliphatic carboxylic acids is 1. The predicted octanol–water partition coefficient (Wildman–Crippen LogP) is 2.17. The summed E-state index contributed by atoms with van der Waals surface area (Å²) in [4.78, 5) is 15.6. The van der Waals surface area contributed by atoms with E-state index in [1.165, 1.54) is 0 Å². The van der Waals surface area contributed by atoms with Crippen molar-refractivity contribution < 1.29 is 9.90 Å². The van der Waals surface area contributed by atoms with E-state index in [2.05, 4.69) is 17.0 Å². The monoisotopic (exact) mass is 261 g/mol. The molecular formula is C14H19N3O2. The van der Waals surface area contributed by atoms with Crippen LogP contribution in [0.4, 0.5) is 0 Å². The van der Waals surface area contributed by atoms with Crippen LogP contribution in [0.2, 0.25) is 0 Å². The molecule has 1 N–H and O–H groups in total. The molecule has 0 aromatic carbocycles. The van der Waals surface area contributed by atoms with Gasteiger partial charge < -0.3 is 5.11 Å². The molecule has 0 bridgehead atoms. The summed E-state index contributed by atoms with van der Waals surface area (Å²) in [6.07, 6.45) is 3.21. The van der Waals surface area contributed by atoms with E-state index in [-0.39, 0.29) is 0 Å². The maximum absolute atomic E-state index is 11.0. The van der Waals surface area contributed by atoms with Crippen LogP contribution in [0.5, 0.6) is 0 Å². The van der Waals surface area contributed by atoms with Crippen LogP contribution in [-0.2, 0) is 17.6 Å². The first-order valence-electron chi connectivity index (χ1n) is 6.51. The van der Waals surface area contributed by atoms with Crippen molar-refractivity contribution in [3.8, 4) is 0 Å². The first-order valence-corrected chi connectivity index (χ1v) is 6.51. The molecule has 1 atom stereocenters. The number of hydrogen-bond acceptors (Lipinski definition) is 3. The molecule has 2 heterocycles. The molecule has 5 heteroatoms. The van der Waals surface area contributed by atoms with Gasteiger partial charge in [-0.05, 0) is 32.3 Å². The first kappa shape index (κ1) is 13.5. The molecule has 0 aliphatic carbocycles. The lowest BCUT2D eigenvalue weighted by molar-refractivity contribution is -0.141. The Hall–Kier alpha value is -1.91. The third-order valence-corrected chi connectivity index (χ3v) is 3.59. The van der Waals surface area contributed by atoms with Crippen molar-refractivity contribution >= 4 is 11.6 Å². The summed E-state index contributed by atoms with van der Waals surface area (Å²) in [7, 11) is 0. The lowest BCUT2D eigenvalue weighted by Gasteiger charge is -2.13. The fraction of sp³-hybridized carbons (Fsp3) is 0.500. The van der Waals surface area contributed by atoms with Gasteiger partial charge in [0.1, 0.15) is 0 Å². The van der Waals surface area contributed by atoms with E-state index < -0.39 is 11.9 Å². The van der Waals surface area contributed by atoms with E-state index >= 15 is 0 Å². The van der Waals surface area contributed by atoms with Crippen molar-refractivity contribution in [3.63, 3.8) is 0 Å². The number of hydrogen-bond donors (Lipinski definition) is 1. The number of carboxylic acids is 1. The second-order valence-electron chi connectivity index (χ2n) is 4.96. The van der Waals surface area contributed by atoms with Gasteiger partial charge in [-0.25, -0.2) is 9.50 Å². The summed E-state index contributed by atoms with van der Waals surface area (Å²) in [5.41, 5.74) is 4.85. The number of nitrogens with zero attached hydrogens (tertiary/aromatic N) is 3. The van der Waals surface area contributed by atoms with Crippen LogP contribution in [0.25, 0.3) is 5.65 Å². The molecule has 0 amide bonds. The summed E-state index contributed by atoms with van der Waals surface area (Å²) in [5.74, 6) is -1.20. The smallest absolute Gasteiger partial charge is 0.306 e. The van der Waals surface area contributed by atoms with Crippen LogP contribution in [-0.4, -0.2) is 25.7 Å². The molecule has 0 saturated carbocycles. The van der Waals surface area contributed by atoms with Crippen LogP contribution in [0.1, 0.15) is 36.4 Å². The van der Waals surface area contributed by atoms with Gasteiger partial charge >= 0.3 is 5.97 Å². The maximum Gasteiger partial charge on any atom is 0.306 e. The van der Waals surface area contributed by atoms with Gasteiger partial charge in [0.05, 0.1) is 12.1 Å². The average Bonchev–Trinajstić information content (AvgIpc) is 2.76. The highest BCUT2D eigenvalue weighted by molar-refractivity contribution is 5.70. The number of carboxylic acid groups (broad SMARTS) is 1. The van der Waals surface area contributed by atoms with Crippen molar-refractivity contribution in [2.24, 2.45) is 5.92 Å². The highest BCUT2D eigenvalue weighted by Crippen LogP contribution is 2.20. The number of aryl methyl sites for hydroxylation is 3. The Morgan fingerprint density at radius 3 is 2.74 bits per heavy atom. The molecule has 102 valence electrons. The molecule has 5 nitrogen and oxygen atoms in total. The summed E-state index contributed by atoms with van der Waals surface area (Å²) >= 11 is 0. The second kappa shape index (κ2) is 4.99. The molecule has 0 aliphatic heterocycles. The molecule has 0 spiro atoms. The van der Waals surface area contributed by atoms with Gasteiger partial charge in [0.15, 0.2) is 5.65 Å². The molecule has 2 aromatic rings. The van der Waals surface area contributed by atoms with Gasteiger partial charge in [-0.2, -0.15) is 5.10 Å². The SMILES string of the molecule is CCc1cnn2c(C)c(CC(C)C(=O)O)c(C)nc12. The third kappa shape index (κ3) is 2.32. The van der Waals surface area contributed by atoms with E-state index in [1.54, 1.807) is 6.92 Å². The van der Waals surface area contributed by atoms with E-state index in [0.29, 0.717) is 6.42 Å². The van der Waals surface area contributed by atoms with Gasteiger partial charge in [-0.3, -0.25) is 4.79 Å². The Morgan fingerprint density at radius 1 is 1.47 bits per heavy atom. The van der Waals surface area contributed by atoms with Crippen molar-refractivity contribution in [2.45, 2.75) is 40.5 Å². The third-order valence-electron chi connectivity index (χ3n) is 3.59. The molecule has 19 heavy (non-hydrogen) atoms. The van der Waals surface area contributed by atoms with E-state index in [9.17, 15) is 4.79 Å². The quantitative estimate of drug-likeness (QED) is 0.916. The Bertz CT molecular complexity index is 631. The predicted molar refractivity (Wildman–Crippen MR) is 72.3 cm³/mol. The standard InChI is InChI=1S/C14H19N3O2/c1-5-11-7-15-17-10(4)12(6-8(2)14(18)19)9(3)16-13(11)17/h7-8H,5-6H2,1-4H3,(H,18,19). The molecule has 1 unspecified atom stereocenters. The summed E-state index contributed by atoms with van der Waals surface area (Å²) in [6.45, 7) is 7.69. The maximum atomic E-state index is 11.0. The number of fused-ring (bicyclic) bond motifs is 1. The van der Waals surface area contributed by atoms with Gasteiger partial charge in [0.25, 0.3) is 0 Å². The molecule has 0 fully saturated rings. The fourth-order valence-electron chi connectivity index (χ4n) is 2.29. The van der Waals surface area contributed by atoms with Crippen LogP contribution in [0.3, 0.4) is 0 Å². The lowest BCUT2D eigenvalue weighted by Crippen LogP contribution is -2.16. The topological polar surface area (TPSA) is 67.5 Å². The van der Waals surface area contributed by atoms with Crippen LogP contribution in [0.15, 0.2) is 6.20 Å². The van der Waals surface area contributed by atoms with Gasteiger partial charge in [0.2, 0.25) is 0 Å². The molecule has 0 saturated heterocycles. The lowest BCUT2D eigenvalue weighted by atomic mass is 9.99. The minimum Gasteiger partial charge on any atom is -0.481 e. The van der Waals surface area contributed by atoms with Gasteiger partial charge in [0, 0.05) is 17.0 Å². The molecule has 0 radical (unpaired) electrons. The zero-order valence-corrected chi connectivity index (χ0v) is 11.8. The highest BCUT2D eigenvalue weighted by Gasteiger charge is 2.18. The first-order chi connectivity index (χ1) is 8.95. The number of rotatable bonds is 4. The number of carbonyl (C=O) groups is 1. The van der Waals surface area contributed by atoms with E-state index in [1.807, 2.05) is 24.6 Å². The summed E-state index contributed by atoms with van der Waals surface area (Å²) in [6, 6.07) is 0. The minimum atomic E-state index is -0.784. The second-order valence-corrected chi connectivity index (χ2v) is 4.96. The Morgan fingerprint density at radius 2 is 2.16 bits per heavy atom. The van der Waals surface area contributed by atoms with Crippen molar-refractivity contribution in [1.29, 1.82) is 0 Å². The van der Waals surface area contributed by atoms with Gasteiger partial charge in [-0.1, -0.05) is 13.8 Å². The number of aromatic nitrogens is 3. The van der Waals surface area contributed by atoms with E-state index in [0.717, 1.165) is 34.6 Å². The summed E-state index contributed by atoms with van der Waals surface area (Å²) in [5, 5.41) is 13.4. The van der Waals surface area contributed by atoms with Crippen LogP contribution < -0.4 is 0 Å². The van der Waals surface area contributed by atoms with Crippen molar-refractivity contribution in [3.05, 3.63) is 28.7 Å². The molecular weight excluding hydrogens is 242 g/mol. The minimum absolute atomic E-state index is 0.419. The molecule has 2 aromatic heterocycles. The van der Waals surface area contributed by atoms with Gasteiger partial charge in [-0.15, -0.1) is 0 Å². The fourth-order valence-corrected chi connectivity index (χ4v) is 2.29. The van der Waals surface area contributed by atoms with E-state index in [4.69, 9.17) is 5.11 Å². The highest BCUT2D eigenvalue weighted by atomic mass is 16.4. The Balaban J connectivity index is 2.54. The zero-order valence-electron chi connectivity index (χ0n) is 11.8. The normalized spacial score (nSPS) is 12.8. The largest absolute Gasteiger partial charge is 0.481 e. The zero-order chi connectivity index (χ0) is 14.2. The van der Waals surface area contributed by atoms with Crippen LogP contribution >= 0.6 is 0 Å². The average molecular weight is 261 g/mol.